The molecule has 8 heteroatoms. The molecule has 0 saturated heterocycles. The van der Waals surface area contributed by atoms with Crippen molar-refractivity contribution in [2.75, 3.05) is 0 Å². The van der Waals surface area contributed by atoms with Crippen LogP contribution < -0.4 is 4.72 Å². The van der Waals surface area contributed by atoms with Crippen LogP contribution in [0.1, 0.15) is 20.8 Å². The van der Waals surface area contributed by atoms with Crippen LogP contribution in [0, 0.1) is 5.41 Å². The van der Waals surface area contributed by atoms with Gasteiger partial charge in [0.2, 0.25) is 10.0 Å². The van der Waals surface area contributed by atoms with Gasteiger partial charge in [-0.05, 0) is 39.5 Å². The van der Waals surface area contributed by atoms with Gasteiger partial charge in [-0.2, -0.15) is 4.72 Å². The molecule has 0 fully saturated rings. The number of carbonyl (C=O) groups is 1. The van der Waals surface area contributed by atoms with E-state index in [9.17, 15) is 13.2 Å². The van der Waals surface area contributed by atoms with Crippen LogP contribution in [0.25, 0.3) is 0 Å². The highest BCUT2D eigenvalue weighted by Gasteiger charge is 2.35. The summed E-state index contributed by atoms with van der Waals surface area (Å²) >= 11 is 8.94. The number of aliphatic carboxylic acids is 1. The summed E-state index contributed by atoms with van der Waals surface area (Å²) in [5.74, 6) is -1.23. The lowest BCUT2D eigenvalue weighted by molar-refractivity contribution is -0.141. The van der Waals surface area contributed by atoms with E-state index in [1.807, 2.05) is 0 Å². The number of halogens is 2. The Morgan fingerprint density at radius 3 is 2.35 bits per heavy atom. The molecule has 1 unspecified atom stereocenters. The molecule has 1 aromatic carbocycles. The standard InChI is InChI=1S/C12H15BrClNO4S/c1-12(2,3)10(11(16)17)15-20(18,19)7-4-5-9(14)8(13)6-7/h4-6,10,15H,1-3H3,(H,16,17). The van der Waals surface area contributed by atoms with Gasteiger partial charge in [0.05, 0.1) is 9.92 Å². The highest BCUT2D eigenvalue weighted by Crippen LogP contribution is 2.27. The minimum atomic E-state index is -3.95. The van der Waals surface area contributed by atoms with Crippen molar-refractivity contribution in [3.8, 4) is 0 Å². The van der Waals surface area contributed by atoms with Crippen LogP contribution in [0.5, 0.6) is 0 Å². The summed E-state index contributed by atoms with van der Waals surface area (Å²) in [5, 5.41) is 9.53. The molecule has 0 aliphatic rings. The monoisotopic (exact) mass is 383 g/mol. The van der Waals surface area contributed by atoms with Crippen LogP contribution in [0.3, 0.4) is 0 Å². The van der Waals surface area contributed by atoms with Gasteiger partial charge in [-0.15, -0.1) is 0 Å². The van der Waals surface area contributed by atoms with E-state index in [4.69, 9.17) is 16.7 Å². The molecular formula is C12H15BrClNO4S. The topological polar surface area (TPSA) is 83.5 Å². The van der Waals surface area contributed by atoms with Crippen molar-refractivity contribution in [2.24, 2.45) is 5.41 Å². The third-order valence-corrected chi connectivity index (χ3v) is 5.22. The van der Waals surface area contributed by atoms with Gasteiger partial charge >= 0.3 is 5.97 Å². The molecule has 0 aromatic heterocycles. The number of carboxylic acid groups (broad SMARTS) is 1. The van der Waals surface area contributed by atoms with E-state index in [2.05, 4.69) is 20.7 Å². The molecule has 0 heterocycles. The average Bonchev–Trinajstić information content (AvgIpc) is 2.27. The van der Waals surface area contributed by atoms with Gasteiger partial charge in [-0.25, -0.2) is 8.42 Å². The van der Waals surface area contributed by atoms with E-state index >= 15 is 0 Å². The van der Waals surface area contributed by atoms with Crippen molar-refractivity contribution >= 4 is 43.5 Å². The average molecular weight is 385 g/mol. The minimum absolute atomic E-state index is 0.0516. The van der Waals surface area contributed by atoms with E-state index in [-0.39, 0.29) is 4.90 Å². The van der Waals surface area contributed by atoms with E-state index < -0.39 is 27.4 Å². The number of benzene rings is 1. The van der Waals surface area contributed by atoms with Crippen LogP contribution in [-0.2, 0) is 14.8 Å². The second-order valence-corrected chi connectivity index (χ2v) is 8.31. The predicted octanol–water partition coefficient (Wildman–Crippen LogP) is 2.88. The fourth-order valence-corrected chi connectivity index (χ4v) is 3.53. The van der Waals surface area contributed by atoms with E-state index in [0.717, 1.165) is 0 Å². The van der Waals surface area contributed by atoms with Crippen LogP contribution >= 0.6 is 27.5 Å². The normalized spacial score (nSPS) is 14.1. The number of rotatable bonds is 4. The van der Waals surface area contributed by atoms with Crippen molar-refractivity contribution in [2.45, 2.75) is 31.7 Å². The van der Waals surface area contributed by atoms with Crippen molar-refractivity contribution in [1.82, 2.24) is 4.72 Å². The maximum atomic E-state index is 12.2. The maximum absolute atomic E-state index is 12.2. The third kappa shape index (κ3) is 4.18. The second-order valence-electron chi connectivity index (χ2n) is 5.33. The predicted molar refractivity (Wildman–Crippen MR) is 80.4 cm³/mol. The van der Waals surface area contributed by atoms with E-state index in [0.29, 0.717) is 9.50 Å². The summed E-state index contributed by atoms with van der Waals surface area (Å²) < 4.78 is 27.1. The highest BCUT2D eigenvalue weighted by molar-refractivity contribution is 9.10. The first-order chi connectivity index (χ1) is 8.95. The Morgan fingerprint density at radius 2 is 1.95 bits per heavy atom. The van der Waals surface area contributed by atoms with Gasteiger partial charge in [0.1, 0.15) is 6.04 Å². The molecule has 2 N–H and O–H groups in total. The zero-order valence-corrected chi connectivity index (χ0v) is 14.3. The molecule has 1 atom stereocenters. The summed E-state index contributed by atoms with van der Waals surface area (Å²) in [6, 6.07) is 2.83. The maximum Gasteiger partial charge on any atom is 0.322 e. The first-order valence-electron chi connectivity index (χ1n) is 5.65. The first kappa shape index (κ1) is 17.4. The number of sulfonamides is 1. The zero-order valence-electron chi connectivity index (χ0n) is 11.1. The number of hydrogen-bond acceptors (Lipinski definition) is 3. The lowest BCUT2D eigenvalue weighted by atomic mass is 9.88. The summed E-state index contributed by atoms with van der Waals surface area (Å²) in [6.07, 6.45) is 0. The van der Waals surface area contributed by atoms with E-state index in [1.54, 1.807) is 20.8 Å². The molecule has 0 saturated carbocycles. The van der Waals surface area contributed by atoms with Crippen LogP contribution in [0.4, 0.5) is 0 Å². The molecular weight excluding hydrogens is 370 g/mol. The Labute approximate surface area is 131 Å². The Morgan fingerprint density at radius 1 is 1.40 bits per heavy atom. The lowest BCUT2D eigenvalue weighted by Gasteiger charge is -2.27. The first-order valence-corrected chi connectivity index (χ1v) is 8.31. The largest absolute Gasteiger partial charge is 0.480 e. The van der Waals surface area contributed by atoms with E-state index in [1.165, 1.54) is 18.2 Å². The number of carboxylic acids is 1. The third-order valence-electron chi connectivity index (χ3n) is 2.59. The number of nitrogens with one attached hydrogen (secondary N) is 1. The van der Waals surface area contributed by atoms with Gasteiger partial charge < -0.3 is 5.11 Å². The van der Waals surface area contributed by atoms with Gasteiger partial charge in [-0.3, -0.25) is 4.79 Å². The van der Waals surface area contributed by atoms with Gasteiger partial charge in [0.15, 0.2) is 0 Å². The Kier molecular flexibility index (Phi) is 5.23. The summed E-state index contributed by atoms with van der Waals surface area (Å²) in [4.78, 5) is 11.2. The minimum Gasteiger partial charge on any atom is -0.480 e. The van der Waals surface area contributed by atoms with Gasteiger partial charge in [-0.1, -0.05) is 32.4 Å². The summed E-state index contributed by atoms with van der Waals surface area (Å²) in [7, 11) is -3.95. The molecule has 20 heavy (non-hydrogen) atoms. The van der Waals surface area contributed by atoms with Gasteiger partial charge in [0, 0.05) is 4.47 Å². The molecule has 1 aromatic rings. The molecule has 1 rings (SSSR count). The highest BCUT2D eigenvalue weighted by atomic mass is 79.9. The molecule has 112 valence electrons. The lowest BCUT2D eigenvalue weighted by Crippen LogP contribution is -2.48. The smallest absolute Gasteiger partial charge is 0.322 e. The Hall–Kier alpha value is -0.630. The fourth-order valence-electron chi connectivity index (χ4n) is 1.46. The molecule has 0 radical (unpaired) electrons. The molecule has 0 amide bonds. The summed E-state index contributed by atoms with van der Waals surface area (Å²) in [6.45, 7) is 4.93. The van der Waals surface area contributed by atoms with Crippen LogP contribution in [-0.4, -0.2) is 25.5 Å². The van der Waals surface area contributed by atoms with Gasteiger partial charge in [0.25, 0.3) is 0 Å². The fraction of sp³-hybridized carbons (Fsp3) is 0.417. The SMILES string of the molecule is CC(C)(C)C(NS(=O)(=O)c1ccc(Cl)c(Br)c1)C(=O)O. The van der Waals surface area contributed by atoms with Crippen molar-refractivity contribution < 1.29 is 18.3 Å². The van der Waals surface area contributed by atoms with Crippen molar-refractivity contribution in [1.29, 1.82) is 0 Å². The quantitative estimate of drug-likeness (QED) is 0.836. The molecule has 0 spiro atoms. The second kappa shape index (κ2) is 6.01. The summed E-state index contributed by atoms with van der Waals surface area (Å²) in [5.41, 5.74) is -0.761. The van der Waals surface area contributed by atoms with Crippen molar-refractivity contribution in [3.63, 3.8) is 0 Å². The zero-order chi connectivity index (χ0) is 15.7. The van der Waals surface area contributed by atoms with Crippen LogP contribution in [0.15, 0.2) is 27.6 Å². The Bertz CT molecular complexity index is 625. The van der Waals surface area contributed by atoms with Crippen LogP contribution in [0.2, 0.25) is 5.02 Å². The Balaban J connectivity index is 3.16. The molecule has 0 aliphatic heterocycles. The van der Waals surface area contributed by atoms with Crippen molar-refractivity contribution in [3.05, 3.63) is 27.7 Å². The molecule has 0 bridgehead atoms. The molecule has 0 aliphatic carbocycles. The number of hydrogen-bond donors (Lipinski definition) is 2. The molecule has 5 nitrogen and oxygen atoms in total.